The first-order valence-corrected chi connectivity index (χ1v) is 6.05. The minimum Gasteiger partial charge on any atom is -0.100 e. The number of hydrogen-bond donors (Lipinski definition) is 0. The summed E-state index contributed by atoms with van der Waals surface area (Å²) in [4.78, 5) is 0. The van der Waals surface area contributed by atoms with Gasteiger partial charge in [0.2, 0.25) is 0 Å². The Morgan fingerprint density at radius 2 is 1.47 bits per heavy atom. The lowest BCUT2D eigenvalue weighted by molar-refractivity contribution is 0.254. The van der Waals surface area contributed by atoms with E-state index < -0.39 is 0 Å². The molecule has 0 rings (SSSR count). The zero-order chi connectivity index (χ0) is 12.1. The maximum absolute atomic E-state index is 4.03. The minimum atomic E-state index is 0.454. The number of hydrogen-bond acceptors (Lipinski definition) is 0. The van der Waals surface area contributed by atoms with Gasteiger partial charge in [0.25, 0.3) is 0 Å². The Kier molecular flexibility index (Phi) is 5.93. The fourth-order valence-electron chi connectivity index (χ4n) is 2.13. The maximum atomic E-state index is 4.03. The summed E-state index contributed by atoms with van der Waals surface area (Å²) in [5.74, 6) is 0.731. The highest BCUT2D eigenvalue weighted by atomic mass is 14.3. The first-order valence-electron chi connectivity index (χ1n) is 6.05. The van der Waals surface area contributed by atoms with Crippen molar-refractivity contribution in [2.75, 3.05) is 0 Å². The van der Waals surface area contributed by atoms with Crippen molar-refractivity contribution in [2.24, 2.45) is 11.3 Å². The van der Waals surface area contributed by atoms with Crippen molar-refractivity contribution in [3.63, 3.8) is 0 Å². The lowest BCUT2D eigenvalue weighted by atomic mass is 9.77. The average molecular weight is 208 g/mol. The molecule has 0 aromatic rings. The molecule has 0 aliphatic carbocycles. The molecule has 0 heteroatoms. The minimum absolute atomic E-state index is 0.454. The van der Waals surface area contributed by atoms with Crippen LogP contribution in [0.1, 0.15) is 60.3 Å². The Balaban J connectivity index is 4.36. The van der Waals surface area contributed by atoms with E-state index in [1.807, 2.05) is 0 Å². The molecule has 0 heterocycles. The number of rotatable bonds is 7. The molecule has 0 aliphatic rings. The summed E-state index contributed by atoms with van der Waals surface area (Å²) in [7, 11) is 0. The SMILES string of the molecule is C=C(C)CC(CC(=C)C)CC(C)(C)CC. The predicted molar refractivity (Wildman–Crippen MR) is 71.0 cm³/mol. The molecule has 0 aromatic heterocycles. The van der Waals surface area contributed by atoms with Gasteiger partial charge in [-0.15, -0.1) is 13.2 Å². The summed E-state index contributed by atoms with van der Waals surface area (Å²) in [5, 5.41) is 0. The largest absolute Gasteiger partial charge is 0.100 e. The van der Waals surface area contributed by atoms with Crippen LogP contribution in [0.4, 0.5) is 0 Å². The molecule has 0 nitrogen and oxygen atoms in total. The highest BCUT2D eigenvalue weighted by Crippen LogP contribution is 2.34. The summed E-state index contributed by atoms with van der Waals surface area (Å²) in [6, 6.07) is 0. The van der Waals surface area contributed by atoms with Crippen molar-refractivity contribution in [1.82, 2.24) is 0 Å². The molecule has 0 amide bonds. The van der Waals surface area contributed by atoms with Gasteiger partial charge in [0.15, 0.2) is 0 Å². The second-order valence-corrected chi connectivity index (χ2v) is 5.91. The standard InChI is InChI=1S/C15H28/c1-8-15(6,7)11-14(9-12(2)3)10-13(4)5/h14H,2,4,8-11H2,1,3,5-7H3. The molecule has 0 bridgehead atoms. The fraction of sp³-hybridized carbons (Fsp3) is 0.733. The Morgan fingerprint density at radius 1 is 1.07 bits per heavy atom. The van der Waals surface area contributed by atoms with Gasteiger partial charge in [0, 0.05) is 0 Å². The average Bonchev–Trinajstić information content (AvgIpc) is 2.00. The molecule has 0 fully saturated rings. The monoisotopic (exact) mass is 208 g/mol. The summed E-state index contributed by atoms with van der Waals surface area (Å²) in [5.41, 5.74) is 3.05. The van der Waals surface area contributed by atoms with Crippen LogP contribution in [0.15, 0.2) is 24.3 Å². The molecule has 15 heavy (non-hydrogen) atoms. The Hall–Kier alpha value is -0.520. The van der Waals surface area contributed by atoms with Gasteiger partial charge in [0.05, 0.1) is 0 Å². The molecule has 0 radical (unpaired) electrons. The first-order chi connectivity index (χ1) is 6.76. The Bertz CT molecular complexity index is 204. The molecule has 0 atom stereocenters. The van der Waals surface area contributed by atoms with E-state index in [1.54, 1.807) is 0 Å². The zero-order valence-corrected chi connectivity index (χ0v) is 11.3. The van der Waals surface area contributed by atoms with Crippen LogP contribution in [0.2, 0.25) is 0 Å². The topological polar surface area (TPSA) is 0 Å². The normalized spacial score (nSPS) is 11.9. The van der Waals surface area contributed by atoms with Crippen LogP contribution in [0, 0.1) is 11.3 Å². The van der Waals surface area contributed by atoms with Crippen molar-refractivity contribution >= 4 is 0 Å². The van der Waals surface area contributed by atoms with E-state index in [-0.39, 0.29) is 0 Å². The molecule has 0 N–H and O–H groups in total. The van der Waals surface area contributed by atoms with Gasteiger partial charge in [-0.1, -0.05) is 38.3 Å². The van der Waals surface area contributed by atoms with E-state index in [1.165, 1.54) is 24.0 Å². The molecule has 0 unspecified atom stereocenters. The van der Waals surface area contributed by atoms with Crippen molar-refractivity contribution in [2.45, 2.75) is 60.3 Å². The smallest absolute Gasteiger partial charge is 0.0294 e. The van der Waals surface area contributed by atoms with E-state index in [9.17, 15) is 0 Å². The van der Waals surface area contributed by atoms with Gasteiger partial charge in [-0.05, 0) is 44.4 Å². The number of allylic oxidation sites excluding steroid dienone is 2. The molecule has 0 aliphatic heterocycles. The summed E-state index contributed by atoms with van der Waals surface area (Å²) < 4.78 is 0. The van der Waals surface area contributed by atoms with Gasteiger partial charge in [-0.2, -0.15) is 0 Å². The van der Waals surface area contributed by atoms with E-state index in [0.29, 0.717) is 5.41 Å². The third-order valence-electron chi connectivity index (χ3n) is 3.07. The third-order valence-corrected chi connectivity index (χ3v) is 3.07. The lowest BCUT2D eigenvalue weighted by Gasteiger charge is -2.29. The van der Waals surface area contributed by atoms with Crippen LogP contribution >= 0.6 is 0 Å². The highest BCUT2D eigenvalue weighted by molar-refractivity contribution is 4.97. The van der Waals surface area contributed by atoms with Crippen LogP contribution < -0.4 is 0 Å². The Labute approximate surface area is 96.5 Å². The molecular formula is C15H28. The fourth-order valence-corrected chi connectivity index (χ4v) is 2.13. The van der Waals surface area contributed by atoms with Crippen LogP contribution in [-0.2, 0) is 0 Å². The second kappa shape index (κ2) is 6.15. The summed E-state index contributed by atoms with van der Waals surface area (Å²) >= 11 is 0. The molecule has 0 saturated carbocycles. The maximum Gasteiger partial charge on any atom is -0.0294 e. The van der Waals surface area contributed by atoms with Crippen molar-refractivity contribution in [1.29, 1.82) is 0 Å². The highest BCUT2D eigenvalue weighted by Gasteiger charge is 2.21. The predicted octanol–water partition coefficient (Wildman–Crippen LogP) is 5.36. The van der Waals surface area contributed by atoms with Gasteiger partial charge >= 0.3 is 0 Å². The van der Waals surface area contributed by atoms with Crippen LogP contribution in [0.5, 0.6) is 0 Å². The van der Waals surface area contributed by atoms with Crippen LogP contribution in [0.3, 0.4) is 0 Å². The van der Waals surface area contributed by atoms with Crippen molar-refractivity contribution < 1.29 is 0 Å². The lowest BCUT2D eigenvalue weighted by Crippen LogP contribution is -2.16. The van der Waals surface area contributed by atoms with Gasteiger partial charge in [0.1, 0.15) is 0 Å². The van der Waals surface area contributed by atoms with E-state index >= 15 is 0 Å². The quantitative estimate of drug-likeness (QED) is 0.494. The van der Waals surface area contributed by atoms with E-state index in [4.69, 9.17) is 0 Å². The van der Waals surface area contributed by atoms with Crippen LogP contribution in [0.25, 0.3) is 0 Å². The van der Waals surface area contributed by atoms with Gasteiger partial charge < -0.3 is 0 Å². The molecule has 0 spiro atoms. The Morgan fingerprint density at radius 3 is 1.73 bits per heavy atom. The molecular weight excluding hydrogens is 180 g/mol. The first kappa shape index (κ1) is 14.5. The van der Waals surface area contributed by atoms with Crippen molar-refractivity contribution in [3.05, 3.63) is 24.3 Å². The van der Waals surface area contributed by atoms with Gasteiger partial charge in [-0.3, -0.25) is 0 Å². The third kappa shape index (κ3) is 7.41. The van der Waals surface area contributed by atoms with E-state index in [0.717, 1.165) is 18.8 Å². The summed E-state index contributed by atoms with van der Waals surface area (Å²) in [6.07, 6.45) is 4.83. The molecule has 0 saturated heterocycles. The van der Waals surface area contributed by atoms with Crippen molar-refractivity contribution in [3.8, 4) is 0 Å². The van der Waals surface area contributed by atoms with Gasteiger partial charge in [-0.25, -0.2) is 0 Å². The molecule has 88 valence electrons. The summed E-state index contributed by atoms with van der Waals surface area (Å²) in [6.45, 7) is 19.3. The second-order valence-electron chi connectivity index (χ2n) is 5.91. The molecule has 0 aromatic carbocycles. The van der Waals surface area contributed by atoms with E-state index in [2.05, 4.69) is 47.8 Å². The zero-order valence-electron chi connectivity index (χ0n) is 11.3. The van der Waals surface area contributed by atoms with Crippen LogP contribution in [-0.4, -0.2) is 0 Å².